The van der Waals surface area contributed by atoms with E-state index in [1.807, 2.05) is 0 Å². The molecule has 164 valence electrons. The highest BCUT2D eigenvalue weighted by atomic mass is 16.7. The summed E-state index contributed by atoms with van der Waals surface area (Å²) in [6.45, 7) is 6.06. The summed E-state index contributed by atoms with van der Waals surface area (Å²) in [5.74, 6) is 4.17. The Morgan fingerprint density at radius 3 is 2.55 bits per heavy atom. The fraction of sp³-hybridized carbons (Fsp3) is 0.962. The van der Waals surface area contributed by atoms with Gasteiger partial charge in [0, 0.05) is 13.0 Å². The van der Waals surface area contributed by atoms with Gasteiger partial charge in [-0.25, -0.2) is 0 Å². The van der Waals surface area contributed by atoms with Crippen LogP contribution in [0.2, 0.25) is 0 Å². The first kappa shape index (κ1) is 20.5. The van der Waals surface area contributed by atoms with Crippen LogP contribution in [0.5, 0.6) is 0 Å². The number of aldehydes is 1. The standard InChI is InChI=1S/C26H42O3/c1-25-14-11-23-21(22(25)9-7-18(25)12-15-27)8-6-19-17-20(10-13-26(19,23)2)29-24-5-3-4-16-28-24/h15,18-24H,3-14,16-17H2,1-2H3. The van der Waals surface area contributed by atoms with Gasteiger partial charge < -0.3 is 14.3 Å². The van der Waals surface area contributed by atoms with Gasteiger partial charge >= 0.3 is 0 Å². The first-order valence-corrected chi connectivity index (χ1v) is 12.8. The van der Waals surface area contributed by atoms with E-state index in [0.29, 0.717) is 22.9 Å². The molecule has 1 aliphatic heterocycles. The topological polar surface area (TPSA) is 35.5 Å². The van der Waals surface area contributed by atoms with Gasteiger partial charge in [0.25, 0.3) is 0 Å². The number of fused-ring (bicyclic) bond motifs is 5. The quantitative estimate of drug-likeness (QED) is 0.418. The molecule has 0 N–H and O–H groups in total. The third-order valence-corrected chi connectivity index (χ3v) is 10.7. The zero-order valence-corrected chi connectivity index (χ0v) is 18.7. The fourth-order valence-electron chi connectivity index (χ4n) is 8.99. The molecule has 3 heteroatoms. The summed E-state index contributed by atoms with van der Waals surface area (Å²) < 4.78 is 12.3. The Morgan fingerprint density at radius 1 is 0.931 bits per heavy atom. The second-order valence-corrected chi connectivity index (χ2v) is 11.7. The Hall–Kier alpha value is -0.410. The van der Waals surface area contributed by atoms with Gasteiger partial charge in [-0.05, 0) is 117 Å². The van der Waals surface area contributed by atoms with E-state index < -0.39 is 0 Å². The van der Waals surface area contributed by atoms with Gasteiger partial charge in [0.1, 0.15) is 6.29 Å². The highest BCUT2D eigenvalue weighted by Crippen LogP contribution is 2.67. The molecular weight excluding hydrogens is 360 g/mol. The van der Waals surface area contributed by atoms with E-state index in [-0.39, 0.29) is 6.29 Å². The van der Waals surface area contributed by atoms with Crippen molar-refractivity contribution >= 4 is 6.29 Å². The second-order valence-electron chi connectivity index (χ2n) is 11.7. The van der Waals surface area contributed by atoms with Crippen LogP contribution < -0.4 is 0 Å². The largest absolute Gasteiger partial charge is 0.353 e. The average Bonchev–Trinajstić information content (AvgIpc) is 3.06. The Bertz CT molecular complexity index is 599. The summed E-state index contributed by atoms with van der Waals surface area (Å²) in [5.41, 5.74) is 0.949. The lowest BCUT2D eigenvalue weighted by Crippen LogP contribution is -2.54. The van der Waals surface area contributed by atoms with Crippen molar-refractivity contribution in [2.45, 2.75) is 110 Å². The number of ether oxygens (including phenoxy) is 2. The Morgan fingerprint density at radius 2 is 1.76 bits per heavy atom. The first-order chi connectivity index (χ1) is 14.0. The molecule has 9 unspecified atom stereocenters. The summed E-state index contributed by atoms with van der Waals surface area (Å²) in [7, 11) is 0. The van der Waals surface area contributed by atoms with Crippen LogP contribution in [0, 0.1) is 40.4 Å². The highest BCUT2D eigenvalue weighted by molar-refractivity contribution is 5.50. The van der Waals surface area contributed by atoms with Gasteiger partial charge in [-0.1, -0.05) is 13.8 Å². The number of hydrogen-bond acceptors (Lipinski definition) is 3. The van der Waals surface area contributed by atoms with Crippen molar-refractivity contribution in [1.82, 2.24) is 0 Å². The fourth-order valence-corrected chi connectivity index (χ4v) is 8.99. The summed E-state index contributed by atoms with van der Waals surface area (Å²) in [6, 6.07) is 0. The molecule has 0 aromatic rings. The molecule has 4 aliphatic carbocycles. The Kier molecular flexibility index (Phi) is 5.60. The molecule has 1 saturated heterocycles. The molecule has 0 amide bonds. The number of carbonyl (C=O) groups excluding carboxylic acids is 1. The summed E-state index contributed by atoms with van der Waals surface area (Å²) in [4.78, 5) is 11.3. The lowest BCUT2D eigenvalue weighted by molar-refractivity contribution is -0.212. The van der Waals surface area contributed by atoms with Crippen molar-refractivity contribution < 1.29 is 14.3 Å². The molecule has 0 radical (unpaired) electrons. The number of hydrogen-bond donors (Lipinski definition) is 0. The maximum absolute atomic E-state index is 11.3. The van der Waals surface area contributed by atoms with Crippen molar-refractivity contribution in [1.29, 1.82) is 0 Å². The maximum Gasteiger partial charge on any atom is 0.157 e. The van der Waals surface area contributed by atoms with Crippen LogP contribution in [0.15, 0.2) is 0 Å². The Balaban J connectivity index is 1.27. The summed E-state index contributed by atoms with van der Waals surface area (Å²) in [5, 5.41) is 0. The van der Waals surface area contributed by atoms with Crippen LogP contribution in [0.4, 0.5) is 0 Å². The summed E-state index contributed by atoms with van der Waals surface area (Å²) >= 11 is 0. The van der Waals surface area contributed by atoms with E-state index in [1.165, 1.54) is 76.9 Å². The highest BCUT2D eigenvalue weighted by Gasteiger charge is 2.60. The smallest absolute Gasteiger partial charge is 0.157 e. The van der Waals surface area contributed by atoms with Gasteiger partial charge in [-0.2, -0.15) is 0 Å². The minimum atomic E-state index is 0.0677. The normalized spacial score (nSPS) is 52.3. The summed E-state index contributed by atoms with van der Waals surface area (Å²) in [6.07, 6.45) is 18.1. The van der Waals surface area contributed by atoms with Crippen LogP contribution in [-0.2, 0) is 14.3 Å². The van der Waals surface area contributed by atoms with Crippen molar-refractivity contribution in [3.63, 3.8) is 0 Å². The van der Waals surface area contributed by atoms with Gasteiger partial charge in [-0.3, -0.25) is 0 Å². The molecule has 0 aromatic heterocycles. The van der Waals surface area contributed by atoms with Gasteiger partial charge in [0.2, 0.25) is 0 Å². The van der Waals surface area contributed by atoms with E-state index >= 15 is 0 Å². The zero-order valence-electron chi connectivity index (χ0n) is 18.7. The van der Waals surface area contributed by atoms with Crippen molar-refractivity contribution in [2.24, 2.45) is 40.4 Å². The van der Waals surface area contributed by atoms with Crippen LogP contribution in [0.25, 0.3) is 0 Å². The molecule has 3 nitrogen and oxygen atoms in total. The van der Waals surface area contributed by atoms with E-state index in [1.54, 1.807) is 0 Å². The molecule has 4 saturated carbocycles. The Labute approximate surface area is 177 Å². The van der Waals surface area contributed by atoms with Crippen molar-refractivity contribution in [2.75, 3.05) is 6.61 Å². The van der Waals surface area contributed by atoms with Crippen molar-refractivity contribution in [3.8, 4) is 0 Å². The second kappa shape index (κ2) is 7.93. The number of carbonyl (C=O) groups is 1. The predicted molar refractivity (Wildman–Crippen MR) is 114 cm³/mol. The molecule has 0 bridgehead atoms. The molecule has 5 rings (SSSR count). The third kappa shape index (κ3) is 3.43. The van der Waals surface area contributed by atoms with E-state index in [9.17, 15) is 4.79 Å². The predicted octanol–water partition coefficient (Wildman–Crippen LogP) is 6.15. The first-order valence-electron chi connectivity index (χ1n) is 12.8. The lowest BCUT2D eigenvalue weighted by Gasteiger charge is -2.61. The molecule has 29 heavy (non-hydrogen) atoms. The SMILES string of the molecule is CC12CCC3C(CCC4CC(OC5CCCCO5)CCC43C)C1CCC2CC=O. The molecular formula is C26H42O3. The van der Waals surface area contributed by atoms with Crippen molar-refractivity contribution in [3.05, 3.63) is 0 Å². The van der Waals surface area contributed by atoms with Gasteiger partial charge in [0.15, 0.2) is 6.29 Å². The van der Waals surface area contributed by atoms with Crippen LogP contribution in [0.1, 0.15) is 97.3 Å². The molecule has 0 spiro atoms. The molecule has 5 aliphatic rings. The maximum atomic E-state index is 11.3. The van der Waals surface area contributed by atoms with Gasteiger partial charge in [-0.15, -0.1) is 0 Å². The number of rotatable bonds is 4. The van der Waals surface area contributed by atoms with Crippen LogP contribution >= 0.6 is 0 Å². The minimum absolute atomic E-state index is 0.0677. The zero-order chi connectivity index (χ0) is 20.1. The third-order valence-electron chi connectivity index (χ3n) is 10.7. The van der Waals surface area contributed by atoms with Crippen LogP contribution in [0.3, 0.4) is 0 Å². The molecule has 1 heterocycles. The molecule has 5 fully saturated rings. The average molecular weight is 403 g/mol. The van der Waals surface area contributed by atoms with E-state index in [0.717, 1.165) is 43.1 Å². The van der Waals surface area contributed by atoms with E-state index in [4.69, 9.17) is 9.47 Å². The van der Waals surface area contributed by atoms with E-state index in [2.05, 4.69) is 13.8 Å². The molecule has 0 aromatic carbocycles. The van der Waals surface area contributed by atoms with Gasteiger partial charge in [0.05, 0.1) is 6.10 Å². The monoisotopic (exact) mass is 402 g/mol. The minimum Gasteiger partial charge on any atom is -0.353 e. The van der Waals surface area contributed by atoms with Crippen LogP contribution in [-0.4, -0.2) is 25.3 Å². The molecule has 9 atom stereocenters. The lowest BCUT2D eigenvalue weighted by atomic mass is 9.44.